The lowest BCUT2D eigenvalue weighted by molar-refractivity contribution is -0.384. The molecule has 2 aromatic rings. The molecule has 0 aliphatic rings. The summed E-state index contributed by atoms with van der Waals surface area (Å²) in [7, 11) is 0. The van der Waals surface area contributed by atoms with Crippen LogP contribution in [-0.2, 0) is 9.53 Å². The van der Waals surface area contributed by atoms with Crippen molar-refractivity contribution in [1.82, 2.24) is 0 Å². The lowest BCUT2D eigenvalue weighted by atomic mass is 10.1. The van der Waals surface area contributed by atoms with Crippen LogP contribution in [0, 0.1) is 17.0 Å². The van der Waals surface area contributed by atoms with E-state index in [1.54, 1.807) is 25.1 Å². The van der Waals surface area contributed by atoms with E-state index in [4.69, 9.17) is 4.74 Å². The van der Waals surface area contributed by atoms with Crippen molar-refractivity contribution in [3.05, 3.63) is 63.7 Å². The molecule has 8 nitrogen and oxygen atoms in total. The number of nitrogens with one attached hydrogen (secondary N) is 2. The lowest BCUT2D eigenvalue weighted by Gasteiger charge is -2.12. The first-order chi connectivity index (χ1) is 13.4. The summed E-state index contributed by atoms with van der Waals surface area (Å²) in [5.74, 6) is -1.20. The maximum Gasteiger partial charge on any atom is 0.340 e. The minimum atomic E-state index is -0.620. The molecule has 2 N–H and O–H groups in total. The Kier molecular flexibility index (Phi) is 7.50. The van der Waals surface area contributed by atoms with Gasteiger partial charge in [0.2, 0.25) is 0 Å². The molecule has 0 spiro atoms. The Bertz CT molecular complexity index is 867. The Labute approximate surface area is 163 Å². The summed E-state index contributed by atoms with van der Waals surface area (Å²) in [5.41, 5.74) is 1.83. The Morgan fingerprint density at radius 2 is 1.89 bits per heavy atom. The number of hydrogen-bond donors (Lipinski definition) is 2. The van der Waals surface area contributed by atoms with Gasteiger partial charge in [-0.15, -0.1) is 0 Å². The SMILES string of the molecule is CCCCNc1ccccc1C(=O)OCC(=O)Nc1cc([N+](=O)[O-])ccc1C. The fourth-order valence-corrected chi connectivity index (χ4v) is 2.47. The standard InChI is InChI=1S/C20H23N3O5/c1-3-4-11-21-17-8-6-5-7-16(17)20(25)28-13-19(24)22-18-12-15(23(26)27)10-9-14(18)2/h5-10,12,21H,3-4,11,13H2,1-2H3,(H,22,24). The second-order valence-corrected chi connectivity index (χ2v) is 6.21. The van der Waals surface area contributed by atoms with Gasteiger partial charge >= 0.3 is 5.97 Å². The van der Waals surface area contributed by atoms with E-state index >= 15 is 0 Å². The van der Waals surface area contributed by atoms with Gasteiger partial charge in [-0.25, -0.2) is 4.79 Å². The summed E-state index contributed by atoms with van der Waals surface area (Å²) in [6, 6.07) is 11.1. The molecule has 0 heterocycles. The number of carbonyl (C=O) groups is 2. The van der Waals surface area contributed by atoms with Gasteiger partial charge in [-0.1, -0.05) is 31.5 Å². The number of esters is 1. The number of ether oxygens (including phenoxy) is 1. The first-order valence-corrected chi connectivity index (χ1v) is 8.97. The van der Waals surface area contributed by atoms with E-state index < -0.39 is 23.4 Å². The predicted octanol–water partition coefficient (Wildman–Crippen LogP) is 3.91. The Morgan fingerprint density at radius 3 is 2.61 bits per heavy atom. The topological polar surface area (TPSA) is 111 Å². The van der Waals surface area contributed by atoms with Crippen LogP contribution in [-0.4, -0.2) is 30.0 Å². The summed E-state index contributed by atoms with van der Waals surface area (Å²) in [6.45, 7) is 4.02. The number of carbonyl (C=O) groups excluding carboxylic acids is 2. The predicted molar refractivity (Wildman–Crippen MR) is 107 cm³/mol. The molecule has 0 aromatic heterocycles. The Balaban J connectivity index is 1.97. The maximum atomic E-state index is 12.3. The van der Waals surface area contributed by atoms with Crippen LogP contribution in [0.3, 0.4) is 0 Å². The summed E-state index contributed by atoms with van der Waals surface area (Å²) < 4.78 is 5.10. The van der Waals surface area contributed by atoms with Crippen molar-refractivity contribution < 1.29 is 19.2 Å². The van der Waals surface area contributed by atoms with Gasteiger partial charge in [-0.2, -0.15) is 0 Å². The first-order valence-electron chi connectivity index (χ1n) is 8.97. The highest BCUT2D eigenvalue weighted by atomic mass is 16.6. The van der Waals surface area contributed by atoms with E-state index in [0.29, 0.717) is 22.5 Å². The van der Waals surface area contributed by atoms with Gasteiger partial charge in [0, 0.05) is 24.4 Å². The average Bonchev–Trinajstić information content (AvgIpc) is 2.68. The number of aryl methyl sites for hydroxylation is 1. The van der Waals surface area contributed by atoms with Crippen LogP contribution >= 0.6 is 0 Å². The molecule has 8 heteroatoms. The average molecular weight is 385 g/mol. The third kappa shape index (κ3) is 5.80. The number of benzene rings is 2. The van der Waals surface area contributed by atoms with Crippen molar-refractivity contribution in [2.24, 2.45) is 0 Å². The Hall–Kier alpha value is -3.42. The van der Waals surface area contributed by atoms with E-state index in [-0.39, 0.29) is 5.69 Å². The second kappa shape index (κ2) is 10.1. The molecule has 1 amide bonds. The number of anilines is 2. The fraction of sp³-hybridized carbons (Fsp3) is 0.300. The van der Waals surface area contributed by atoms with Crippen LogP contribution in [0.25, 0.3) is 0 Å². The van der Waals surface area contributed by atoms with Crippen molar-refractivity contribution >= 4 is 28.9 Å². The van der Waals surface area contributed by atoms with Gasteiger partial charge < -0.3 is 15.4 Å². The summed E-state index contributed by atoms with van der Waals surface area (Å²) in [5, 5.41) is 16.6. The van der Waals surface area contributed by atoms with Crippen LogP contribution in [0.5, 0.6) is 0 Å². The fourth-order valence-electron chi connectivity index (χ4n) is 2.47. The molecule has 0 bridgehead atoms. The second-order valence-electron chi connectivity index (χ2n) is 6.21. The van der Waals surface area contributed by atoms with Crippen molar-refractivity contribution in [2.75, 3.05) is 23.8 Å². The zero-order valence-corrected chi connectivity index (χ0v) is 15.9. The molecule has 2 aromatic carbocycles. The minimum Gasteiger partial charge on any atom is -0.452 e. The number of hydrogen-bond acceptors (Lipinski definition) is 6. The largest absolute Gasteiger partial charge is 0.452 e. The van der Waals surface area contributed by atoms with Crippen LogP contribution < -0.4 is 10.6 Å². The van der Waals surface area contributed by atoms with E-state index in [0.717, 1.165) is 19.4 Å². The summed E-state index contributed by atoms with van der Waals surface area (Å²) in [6.07, 6.45) is 1.99. The molecule has 148 valence electrons. The number of nitro benzene ring substituents is 1. The maximum absolute atomic E-state index is 12.3. The number of unbranched alkanes of at least 4 members (excludes halogenated alkanes) is 1. The van der Waals surface area contributed by atoms with E-state index in [9.17, 15) is 19.7 Å². The lowest BCUT2D eigenvalue weighted by Crippen LogP contribution is -2.22. The van der Waals surface area contributed by atoms with Crippen LogP contribution in [0.1, 0.15) is 35.7 Å². The van der Waals surface area contributed by atoms with Crippen molar-refractivity contribution in [3.63, 3.8) is 0 Å². The molecule has 0 aliphatic heterocycles. The normalized spacial score (nSPS) is 10.2. The molecule has 0 saturated carbocycles. The van der Waals surface area contributed by atoms with E-state index in [2.05, 4.69) is 17.6 Å². The van der Waals surface area contributed by atoms with E-state index in [1.807, 2.05) is 6.07 Å². The van der Waals surface area contributed by atoms with Crippen molar-refractivity contribution in [1.29, 1.82) is 0 Å². The smallest absolute Gasteiger partial charge is 0.340 e. The van der Waals surface area contributed by atoms with Gasteiger partial charge in [0.25, 0.3) is 11.6 Å². The van der Waals surface area contributed by atoms with Crippen molar-refractivity contribution in [2.45, 2.75) is 26.7 Å². The molecule has 0 unspecified atom stereocenters. The zero-order chi connectivity index (χ0) is 20.5. The quantitative estimate of drug-likeness (QED) is 0.293. The highest BCUT2D eigenvalue weighted by Gasteiger charge is 2.15. The van der Waals surface area contributed by atoms with Gasteiger partial charge in [0.15, 0.2) is 6.61 Å². The number of rotatable bonds is 9. The number of non-ortho nitro benzene ring substituents is 1. The molecule has 0 radical (unpaired) electrons. The number of amides is 1. The van der Waals surface area contributed by atoms with Crippen LogP contribution in [0.2, 0.25) is 0 Å². The monoisotopic (exact) mass is 385 g/mol. The van der Waals surface area contributed by atoms with Crippen molar-refractivity contribution in [3.8, 4) is 0 Å². The number of para-hydroxylation sites is 1. The molecular formula is C20H23N3O5. The third-order valence-corrected chi connectivity index (χ3v) is 4.03. The zero-order valence-electron chi connectivity index (χ0n) is 15.9. The Morgan fingerprint density at radius 1 is 1.14 bits per heavy atom. The minimum absolute atomic E-state index is 0.134. The molecule has 2 rings (SSSR count). The van der Waals surface area contributed by atoms with Crippen LogP contribution in [0.4, 0.5) is 17.1 Å². The molecular weight excluding hydrogens is 362 g/mol. The van der Waals surface area contributed by atoms with Gasteiger partial charge in [0.1, 0.15) is 0 Å². The molecule has 0 fully saturated rings. The van der Waals surface area contributed by atoms with Crippen LogP contribution in [0.15, 0.2) is 42.5 Å². The number of nitro groups is 1. The van der Waals surface area contributed by atoms with Gasteiger partial charge in [-0.3, -0.25) is 14.9 Å². The van der Waals surface area contributed by atoms with Gasteiger partial charge in [0.05, 0.1) is 16.2 Å². The molecule has 0 saturated heterocycles. The van der Waals surface area contributed by atoms with Gasteiger partial charge in [-0.05, 0) is 31.0 Å². The van der Waals surface area contributed by atoms with E-state index in [1.165, 1.54) is 18.2 Å². The summed E-state index contributed by atoms with van der Waals surface area (Å²) >= 11 is 0. The first kappa shape index (κ1) is 20.9. The number of nitrogens with zero attached hydrogens (tertiary/aromatic N) is 1. The molecule has 28 heavy (non-hydrogen) atoms. The highest BCUT2D eigenvalue weighted by molar-refractivity contribution is 5.98. The summed E-state index contributed by atoms with van der Waals surface area (Å²) in [4.78, 5) is 34.8. The molecule has 0 atom stereocenters. The highest BCUT2D eigenvalue weighted by Crippen LogP contribution is 2.22. The third-order valence-electron chi connectivity index (χ3n) is 4.03. The molecule has 0 aliphatic carbocycles.